The minimum absolute atomic E-state index is 0.0681. The number of benzene rings is 1. The largest absolute Gasteiger partial charge is 0.454 e. The predicted octanol–water partition coefficient (Wildman–Crippen LogP) is 2.53. The zero-order chi connectivity index (χ0) is 17.1. The summed E-state index contributed by atoms with van der Waals surface area (Å²) in [5.74, 6) is 1.48. The van der Waals surface area contributed by atoms with Gasteiger partial charge in [0.1, 0.15) is 5.56 Å². The maximum atomic E-state index is 12.7. The summed E-state index contributed by atoms with van der Waals surface area (Å²) in [5, 5.41) is 6.90. The van der Waals surface area contributed by atoms with Crippen molar-refractivity contribution < 1.29 is 23.5 Å². The molecule has 1 aromatic heterocycles. The van der Waals surface area contributed by atoms with Crippen LogP contribution in [0.3, 0.4) is 0 Å². The van der Waals surface area contributed by atoms with Gasteiger partial charge in [-0.3, -0.25) is 4.79 Å². The highest BCUT2D eigenvalue weighted by molar-refractivity contribution is 6.00. The quantitative estimate of drug-likeness (QED) is 0.875. The Morgan fingerprint density at radius 1 is 1.38 bits per heavy atom. The van der Waals surface area contributed by atoms with Gasteiger partial charge in [0, 0.05) is 12.7 Å². The molecule has 2 heterocycles. The first-order chi connectivity index (χ1) is 11.6. The highest BCUT2D eigenvalue weighted by atomic mass is 16.7. The zero-order valence-electron chi connectivity index (χ0n) is 13.9. The second kappa shape index (κ2) is 6.92. The summed E-state index contributed by atoms with van der Waals surface area (Å²) < 4.78 is 21.2. The molecule has 0 aliphatic carbocycles. The van der Waals surface area contributed by atoms with Crippen LogP contribution in [0.5, 0.6) is 11.5 Å². The summed E-state index contributed by atoms with van der Waals surface area (Å²) in [7, 11) is 1.61. The van der Waals surface area contributed by atoms with E-state index in [0.29, 0.717) is 40.7 Å². The summed E-state index contributed by atoms with van der Waals surface area (Å²) in [4.78, 5) is 12.7. The van der Waals surface area contributed by atoms with Gasteiger partial charge in [-0.2, -0.15) is 0 Å². The van der Waals surface area contributed by atoms with Crippen LogP contribution in [0.2, 0.25) is 0 Å². The van der Waals surface area contributed by atoms with E-state index in [9.17, 15) is 4.79 Å². The Hall–Kier alpha value is -2.54. The van der Waals surface area contributed by atoms with Gasteiger partial charge in [-0.1, -0.05) is 12.1 Å². The van der Waals surface area contributed by atoms with Gasteiger partial charge in [0.05, 0.1) is 18.3 Å². The van der Waals surface area contributed by atoms with E-state index in [4.69, 9.17) is 18.7 Å². The molecule has 1 unspecified atom stereocenters. The first-order valence-electron chi connectivity index (χ1n) is 7.80. The maximum Gasteiger partial charge on any atom is 0.257 e. The number of aromatic nitrogens is 1. The summed E-state index contributed by atoms with van der Waals surface area (Å²) in [6, 6.07) is 5.32. The topological polar surface area (TPSA) is 82.8 Å². The molecule has 7 nitrogen and oxygen atoms in total. The van der Waals surface area contributed by atoms with Crippen molar-refractivity contribution in [2.75, 3.05) is 20.5 Å². The van der Waals surface area contributed by atoms with E-state index >= 15 is 0 Å². The number of aryl methyl sites for hydroxylation is 1. The molecule has 0 spiro atoms. The Kier molecular flexibility index (Phi) is 4.71. The van der Waals surface area contributed by atoms with Gasteiger partial charge >= 0.3 is 0 Å². The van der Waals surface area contributed by atoms with Crippen LogP contribution in [0.1, 0.15) is 29.4 Å². The molecule has 0 bridgehead atoms. The van der Waals surface area contributed by atoms with Crippen molar-refractivity contribution in [1.82, 2.24) is 10.5 Å². The van der Waals surface area contributed by atoms with E-state index in [2.05, 4.69) is 10.5 Å². The Labute approximate surface area is 139 Å². The van der Waals surface area contributed by atoms with Crippen LogP contribution in [0.25, 0.3) is 11.3 Å². The molecule has 1 aliphatic rings. The summed E-state index contributed by atoms with van der Waals surface area (Å²) >= 11 is 0. The smallest absolute Gasteiger partial charge is 0.257 e. The number of carbonyl (C=O) groups excluding carboxylic acids is 1. The molecule has 0 saturated heterocycles. The van der Waals surface area contributed by atoms with Crippen LogP contribution in [-0.4, -0.2) is 37.6 Å². The summed E-state index contributed by atoms with van der Waals surface area (Å²) in [6.45, 7) is 4.37. The molecule has 1 aromatic carbocycles. The molecule has 0 fully saturated rings. The van der Waals surface area contributed by atoms with E-state index in [0.717, 1.165) is 6.42 Å². The van der Waals surface area contributed by atoms with Crippen LogP contribution in [0, 0.1) is 6.92 Å². The summed E-state index contributed by atoms with van der Waals surface area (Å²) in [5.41, 5.74) is 1.67. The van der Waals surface area contributed by atoms with Crippen molar-refractivity contribution in [3.63, 3.8) is 0 Å². The molecule has 0 radical (unpaired) electrons. The molecule has 1 aliphatic heterocycles. The van der Waals surface area contributed by atoms with E-state index in [1.165, 1.54) is 0 Å². The average Bonchev–Trinajstić information content (AvgIpc) is 3.19. The van der Waals surface area contributed by atoms with Crippen molar-refractivity contribution in [1.29, 1.82) is 0 Å². The predicted molar refractivity (Wildman–Crippen MR) is 86.2 cm³/mol. The average molecular weight is 332 g/mol. The number of nitrogens with one attached hydrogen (secondary N) is 1. The highest BCUT2D eigenvalue weighted by Gasteiger charge is 2.25. The third-order valence-corrected chi connectivity index (χ3v) is 3.92. The first kappa shape index (κ1) is 16.3. The lowest BCUT2D eigenvalue weighted by Crippen LogP contribution is -2.37. The zero-order valence-corrected chi connectivity index (χ0v) is 13.9. The Balaban J connectivity index is 1.90. The fourth-order valence-electron chi connectivity index (χ4n) is 2.59. The molecular weight excluding hydrogens is 312 g/mol. The van der Waals surface area contributed by atoms with Crippen molar-refractivity contribution in [2.24, 2.45) is 0 Å². The van der Waals surface area contributed by atoms with Crippen molar-refractivity contribution >= 4 is 5.91 Å². The van der Waals surface area contributed by atoms with Gasteiger partial charge in [0.2, 0.25) is 6.79 Å². The molecule has 1 amide bonds. The van der Waals surface area contributed by atoms with Gasteiger partial charge in [-0.05, 0) is 31.5 Å². The molecule has 2 aromatic rings. The third-order valence-electron chi connectivity index (χ3n) is 3.92. The van der Waals surface area contributed by atoms with Gasteiger partial charge < -0.3 is 24.1 Å². The molecule has 128 valence electrons. The second-order valence-corrected chi connectivity index (χ2v) is 5.57. The number of ether oxygens (including phenoxy) is 3. The lowest BCUT2D eigenvalue weighted by molar-refractivity contribution is 0.0894. The Morgan fingerprint density at radius 2 is 2.17 bits per heavy atom. The van der Waals surface area contributed by atoms with Gasteiger partial charge in [-0.25, -0.2) is 0 Å². The molecule has 0 saturated carbocycles. The minimum Gasteiger partial charge on any atom is -0.454 e. The number of hydrogen-bond donors (Lipinski definition) is 1. The Bertz CT molecular complexity index is 741. The molecule has 3 rings (SSSR count). The number of amides is 1. The minimum atomic E-state index is -0.231. The third kappa shape index (κ3) is 3.07. The highest BCUT2D eigenvalue weighted by Crippen LogP contribution is 2.37. The van der Waals surface area contributed by atoms with Crippen LogP contribution in [0.4, 0.5) is 0 Å². The number of nitrogens with zero attached hydrogens (tertiary/aromatic N) is 1. The van der Waals surface area contributed by atoms with E-state index in [1.807, 2.05) is 13.0 Å². The normalized spacial score (nSPS) is 13.8. The standard InChI is InChI=1S/C17H20N2O5/c1-4-12(8-21-3)18-17(20)15-10(2)19-24-16(15)11-5-6-13-14(7-11)23-9-22-13/h5-7,12H,4,8-9H2,1-3H3,(H,18,20). The maximum absolute atomic E-state index is 12.7. The number of rotatable bonds is 6. The number of carbonyl (C=O) groups is 1. The molecular formula is C17H20N2O5. The molecule has 24 heavy (non-hydrogen) atoms. The summed E-state index contributed by atoms with van der Waals surface area (Å²) in [6.07, 6.45) is 0.767. The second-order valence-electron chi connectivity index (χ2n) is 5.57. The number of methoxy groups -OCH3 is 1. The fraction of sp³-hybridized carbons (Fsp3) is 0.412. The van der Waals surface area contributed by atoms with E-state index in [-0.39, 0.29) is 18.7 Å². The number of hydrogen-bond acceptors (Lipinski definition) is 6. The van der Waals surface area contributed by atoms with Crippen LogP contribution in [0.15, 0.2) is 22.7 Å². The van der Waals surface area contributed by atoms with Crippen LogP contribution < -0.4 is 14.8 Å². The van der Waals surface area contributed by atoms with Gasteiger partial charge in [-0.15, -0.1) is 0 Å². The SMILES string of the molecule is CCC(COC)NC(=O)c1c(C)noc1-c1ccc2c(c1)OCO2. The van der Waals surface area contributed by atoms with Crippen molar-refractivity contribution in [3.8, 4) is 22.8 Å². The van der Waals surface area contributed by atoms with E-state index < -0.39 is 0 Å². The number of fused-ring (bicyclic) bond motifs is 1. The van der Waals surface area contributed by atoms with E-state index in [1.54, 1.807) is 26.2 Å². The first-order valence-corrected chi connectivity index (χ1v) is 7.80. The fourth-order valence-corrected chi connectivity index (χ4v) is 2.59. The lowest BCUT2D eigenvalue weighted by atomic mass is 10.1. The van der Waals surface area contributed by atoms with Crippen LogP contribution >= 0.6 is 0 Å². The molecule has 7 heteroatoms. The lowest BCUT2D eigenvalue weighted by Gasteiger charge is -2.15. The van der Waals surface area contributed by atoms with Crippen molar-refractivity contribution in [3.05, 3.63) is 29.5 Å². The van der Waals surface area contributed by atoms with Gasteiger partial charge in [0.25, 0.3) is 5.91 Å². The van der Waals surface area contributed by atoms with Crippen molar-refractivity contribution in [2.45, 2.75) is 26.3 Å². The van der Waals surface area contributed by atoms with Gasteiger partial charge in [0.15, 0.2) is 17.3 Å². The Morgan fingerprint density at radius 3 is 2.92 bits per heavy atom. The molecule has 1 atom stereocenters. The monoisotopic (exact) mass is 332 g/mol. The van der Waals surface area contributed by atoms with Crippen LogP contribution in [-0.2, 0) is 4.74 Å². The molecule has 1 N–H and O–H groups in total.